The summed E-state index contributed by atoms with van der Waals surface area (Å²) in [5.41, 5.74) is 4.67. The first-order valence-electron chi connectivity index (χ1n) is 5.15. The Hall–Kier alpha value is -1.96. The van der Waals surface area contributed by atoms with E-state index >= 15 is 0 Å². The predicted octanol–water partition coefficient (Wildman–Crippen LogP) is 0.294. The summed E-state index contributed by atoms with van der Waals surface area (Å²) in [5.74, 6) is -0.411. The molecule has 0 aliphatic heterocycles. The number of anilines is 1. The van der Waals surface area contributed by atoms with Crippen LogP contribution in [0.4, 0.5) is 10.6 Å². The first-order valence-corrected chi connectivity index (χ1v) is 6.80. The van der Waals surface area contributed by atoms with Crippen LogP contribution in [0, 0.1) is 0 Å². The molecular formula is C10H13N3O4S. The zero-order valence-corrected chi connectivity index (χ0v) is 10.3. The topological polar surface area (TPSA) is 119 Å². The number of rotatable bonds is 5. The molecule has 1 aromatic rings. The van der Waals surface area contributed by atoms with E-state index in [1.807, 2.05) is 0 Å². The summed E-state index contributed by atoms with van der Waals surface area (Å²) < 4.78 is 22.1. The van der Waals surface area contributed by atoms with Crippen LogP contribution in [-0.4, -0.2) is 30.3 Å². The molecule has 0 saturated carbocycles. The Kier molecular flexibility index (Phi) is 4.78. The van der Waals surface area contributed by atoms with Gasteiger partial charge in [-0.1, -0.05) is 6.07 Å². The molecule has 1 heterocycles. The molecule has 3 N–H and O–H groups in total. The number of nitrogens with zero attached hydrogens (tertiary/aromatic N) is 1. The standard InChI is InChI=1S/C10H13N3O4S/c11-10(15)18(16,17)7-3-5-9(14)13-8-4-1-2-6-12-8/h1-2,4,6H,3,5,7H2,(H2,11,15)(H,12,13,14). The van der Waals surface area contributed by atoms with Gasteiger partial charge in [0, 0.05) is 12.6 Å². The third-order valence-corrected chi connectivity index (χ3v) is 3.49. The molecule has 2 amide bonds. The molecule has 98 valence electrons. The van der Waals surface area contributed by atoms with Crippen molar-refractivity contribution in [2.75, 3.05) is 11.1 Å². The molecule has 0 fully saturated rings. The van der Waals surface area contributed by atoms with Crippen LogP contribution in [-0.2, 0) is 14.6 Å². The fourth-order valence-electron chi connectivity index (χ4n) is 1.17. The summed E-state index contributed by atoms with van der Waals surface area (Å²) >= 11 is 0. The number of aromatic nitrogens is 1. The summed E-state index contributed by atoms with van der Waals surface area (Å²) in [6.07, 6.45) is 1.53. The van der Waals surface area contributed by atoms with Gasteiger partial charge in [-0.3, -0.25) is 9.59 Å². The molecular weight excluding hydrogens is 258 g/mol. The number of carbonyl (C=O) groups is 2. The number of carbonyl (C=O) groups excluding carboxylic acids is 2. The molecule has 0 radical (unpaired) electrons. The van der Waals surface area contributed by atoms with Crippen molar-refractivity contribution < 1.29 is 18.0 Å². The Morgan fingerprint density at radius 3 is 2.61 bits per heavy atom. The molecule has 18 heavy (non-hydrogen) atoms. The van der Waals surface area contributed by atoms with E-state index in [1.54, 1.807) is 18.2 Å². The molecule has 1 aromatic heterocycles. The van der Waals surface area contributed by atoms with Crippen molar-refractivity contribution in [2.24, 2.45) is 5.73 Å². The summed E-state index contributed by atoms with van der Waals surface area (Å²) in [4.78, 5) is 25.8. The van der Waals surface area contributed by atoms with Gasteiger partial charge in [0.15, 0.2) is 0 Å². The average molecular weight is 271 g/mol. The van der Waals surface area contributed by atoms with E-state index in [0.29, 0.717) is 5.82 Å². The van der Waals surface area contributed by atoms with Gasteiger partial charge in [0.1, 0.15) is 5.82 Å². The first-order chi connectivity index (χ1) is 8.42. The highest BCUT2D eigenvalue weighted by Gasteiger charge is 2.18. The summed E-state index contributed by atoms with van der Waals surface area (Å²) in [6, 6.07) is 5.02. The first kappa shape index (κ1) is 14.1. The van der Waals surface area contributed by atoms with Crippen LogP contribution in [0.15, 0.2) is 24.4 Å². The van der Waals surface area contributed by atoms with Gasteiger partial charge in [-0.25, -0.2) is 13.4 Å². The third kappa shape index (κ3) is 4.50. The van der Waals surface area contributed by atoms with E-state index in [-0.39, 0.29) is 18.7 Å². The summed E-state index contributed by atoms with van der Waals surface area (Å²) in [5, 5.41) is 1.13. The van der Waals surface area contributed by atoms with Crippen molar-refractivity contribution >= 4 is 26.8 Å². The molecule has 0 aromatic carbocycles. The Balaban J connectivity index is 2.37. The number of nitrogens with one attached hydrogen (secondary N) is 1. The van der Waals surface area contributed by atoms with Crippen molar-refractivity contribution in [3.8, 4) is 0 Å². The smallest absolute Gasteiger partial charge is 0.333 e. The second-order valence-electron chi connectivity index (χ2n) is 3.50. The van der Waals surface area contributed by atoms with Crippen LogP contribution in [0.3, 0.4) is 0 Å². The van der Waals surface area contributed by atoms with E-state index < -0.39 is 20.8 Å². The van der Waals surface area contributed by atoms with Crippen molar-refractivity contribution in [1.82, 2.24) is 4.98 Å². The van der Waals surface area contributed by atoms with E-state index in [1.165, 1.54) is 6.20 Å². The van der Waals surface area contributed by atoms with Crippen LogP contribution < -0.4 is 11.1 Å². The highest BCUT2D eigenvalue weighted by Crippen LogP contribution is 2.03. The minimum Gasteiger partial charge on any atom is -0.356 e. The fraction of sp³-hybridized carbons (Fsp3) is 0.300. The van der Waals surface area contributed by atoms with Gasteiger partial charge < -0.3 is 11.1 Å². The van der Waals surface area contributed by atoms with Gasteiger partial charge in [0.05, 0.1) is 5.75 Å². The lowest BCUT2D eigenvalue weighted by Crippen LogP contribution is -2.25. The number of hydrogen-bond acceptors (Lipinski definition) is 5. The SMILES string of the molecule is NC(=O)S(=O)(=O)CCCC(=O)Nc1ccccn1. The number of hydrogen-bond donors (Lipinski definition) is 2. The molecule has 0 unspecified atom stereocenters. The van der Waals surface area contributed by atoms with Crippen LogP contribution in [0.5, 0.6) is 0 Å². The number of primary amides is 1. The third-order valence-electron chi connectivity index (χ3n) is 2.06. The van der Waals surface area contributed by atoms with Gasteiger partial charge >= 0.3 is 5.24 Å². The van der Waals surface area contributed by atoms with Crippen molar-refractivity contribution in [2.45, 2.75) is 12.8 Å². The minimum atomic E-state index is -3.92. The van der Waals surface area contributed by atoms with E-state index in [9.17, 15) is 18.0 Å². The highest BCUT2D eigenvalue weighted by atomic mass is 32.2. The Morgan fingerprint density at radius 2 is 2.06 bits per heavy atom. The van der Waals surface area contributed by atoms with Gasteiger partial charge in [-0.15, -0.1) is 0 Å². The van der Waals surface area contributed by atoms with Gasteiger partial charge in [0.25, 0.3) is 0 Å². The van der Waals surface area contributed by atoms with Crippen molar-refractivity contribution in [3.05, 3.63) is 24.4 Å². The van der Waals surface area contributed by atoms with Crippen LogP contribution in [0.1, 0.15) is 12.8 Å². The molecule has 0 bridgehead atoms. The molecule has 8 heteroatoms. The zero-order chi connectivity index (χ0) is 13.6. The number of amides is 2. The Labute approximate surface area is 104 Å². The quantitative estimate of drug-likeness (QED) is 0.797. The number of nitrogens with two attached hydrogens (primary N) is 1. The molecule has 0 atom stereocenters. The molecule has 0 saturated heterocycles. The normalized spacial score (nSPS) is 10.9. The maximum absolute atomic E-state index is 11.4. The molecule has 7 nitrogen and oxygen atoms in total. The van der Waals surface area contributed by atoms with Crippen LogP contribution >= 0.6 is 0 Å². The average Bonchev–Trinajstić information content (AvgIpc) is 2.29. The van der Waals surface area contributed by atoms with E-state index in [4.69, 9.17) is 0 Å². The van der Waals surface area contributed by atoms with Gasteiger partial charge in [-0.05, 0) is 18.6 Å². The molecule has 0 spiro atoms. The minimum absolute atomic E-state index is 0.0247. The van der Waals surface area contributed by atoms with Crippen LogP contribution in [0.2, 0.25) is 0 Å². The number of sulfone groups is 1. The zero-order valence-electron chi connectivity index (χ0n) is 9.50. The second-order valence-corrected chi connectivity index (χ2v) is 5.54. The van der Waals surface area contributed by atoms with E-state index in [0.717, 1.165) is 0 Å². The monoisotopic (exact) mass is 271 g/mol. The lowest BCUT2D eigenvalue weighted by atomic mass is 10.3. The molecule has 1 rings (SSSR count). The van der Waals surface area contributed by atoms with Crippen molar-refractivity contribution in [1.29, 1.82) is 0 Å². The number of pyridine rings is 1. The maximum atomic E-state index is 11.4. The predicted molar refractivity (Wildman–Crippen MR) is 65.5 cm³/mol. The highest BCUT2D eigenvalue weighted by molar-refractivity contribution is 8.05. The Morgan fingerprint density at radius 1 is 1.33 bits per heavy atom. The molecule has 0 aliphatic rings. The lowest BCUT2D eigenvalue weighted by molar-refractivity contribution is -0.116. The lowest BCUT2D eigenvalue weighted by Gasteiger charge is -2.03. The Bertz CT molecular complexity index is 527. The molecule has 0 aliphatic carbocycles. The van der Waals surface area contributed by atoms with Crippen molar-refractivity contribution in [3.63, 3.8) is 0 Å². The summed E-state index contributed by atoms with van der Waals surface area (Å²) in [7, 11) is -3.92. The van der Waals surface area contributed by atoms with Crippen LogP contribution in [0.25, 0.3) is 0 Å². The van der Waals surface area contributed by atoms with E-state index in [2.05, 4.69) is 16.0 Å². The summed E-state index contributed by atoms with van der Waals surface area (Å²) in [6.45, 7) is 0. The maximum Gasteiger partial charge on any atom is 0.333 e. The largest absolute Gasteiger partial charge is 0.356 e. The fourth-order valence-corrected chi connectivity index (χ4v) is 1.89. The second kappa shape index (κ2) is 6.10. The van der Waals surface area contributed by atoms with Gasteiger partial charge in [0.2, 0.25) is 15.7 Å². The van der Waals surface area contributed by atoms with Gasteiger partial charge in [-0.2, -0.15) is 0 Å².